The monoisotopic (exact) mass is 439 g/mol. The molecule has 0 unspecified atom stereocenters. The molecule has 2 aromatic carbocycles. The van der Waals surface area contributed by atoms with Gasteiger partial charge in [-0.15, -0.1) is 0 Å². The summed E-state index contributed by atoms with van der Waals surface area (Å²) in [4.78, 5) is 25.8. The zero-order valence-electron chi connectivity index (χ0n) is 17.5. The second-order valence-corrected chi connectivity index (χ2v) is 7.80. The lowest BCUT2D eigenvalue weighted by Gasteiger charge is -2.14. The van der Waals surface area contributed by atoms with Gasteiger partial charge in [0.25, 0.3) is 11.5 Å². The summed E-state index contributed by atoms with van der Waals surface area (Å²) in [5.41, 5.74) is 2.81. The van der Waals surface area contributed by atoms with Crippen molar-refractivity contribution in [2.24, 2.45) is 5.10 Å². The van der Waals surface area contributed by atoms with Gasteiger partial charge in [0.2, 0.25) is 0 Å². The molecule has 7 heteroatoms. The van der Waals surface area contributed by atoms with Gasteiger partial charge in [-0.25, -0.2) is 5.43 Å². The number of aryl methyl sites for hydroxylation is 1. The molecule has 0 spiro atoms. The molecule has 0 fully saturated rings. The van der Waals surface area contributed by atoms with Crippen molar-refractivity contribution in [3.05, 3.63) is 75.0 Å². The summed E-state index contributed by atoms with van der Waals surface area (Å²) >= 11 is 5.94. The number of para-hydroxylation sites is 1. The summed E-state index contributed by atoms with van der Waals surface area (Å²) in [7, 11) is 0. The number of benzene rings is 2. The van der Waals surface area contributed by atoms with Crippen molar-refractivity contribution in [2.45, 2.75) is 45.6 Å². The van der Waals surface area contributed by atoms with Crippen LogP contribution in [0.15, 0.2) is 58.4 Å². The number of hydrogen-bond acceptors (Lipinski definition) is 4. The van der Waals surface area contributed by atoms with E-state index in [4.69, 9.17) is 11.6 Å². The number of aromatic nitrogens is 1. The minimum Gasteiger partial charge on any atom is -0.506 e. The maximum atomic E-state index is 13.1. The number of aromatic hydroxyl groups is 1. The molecule has 0 aliphatic rings. The van der Waals surface area contributed by atoms with Crippen molar-refractivity contribution >= 4 is 34.6 Å². The normalized spacial score (nSPS) is 11.3. The van der Waals surface area contributed by atoms with E-state index in [0.717, 1.165) is 32.1 Å². The Bertz CT molecular complexity index is 1150. The Labute approximate surface area is 186 Å². The molecule has 0 aliphatic carbocycles. The highest BCUT2D eigenvalue weighted by atomic mass is 35.5. The topological polar surface area (TPSA) is 83.7 Å². The summed E-state index contributed by atoms with van der Waals surface area (Å²) in [6.07, 6.45) is 6.65. The standard InChI is InChI=1S/C24H26ClN3O3/c1-2-3-4-5-8-14-28-20-13-7-6-12-19(20)22(29)21(24(28)31)23(30)27-26-16-17-10-9-11-18(25)15-17/h6-7,9-13,15-16,29H,2-5,8,14H2,1H3,(H,27,30)/b26-16-. The Morgan fingerprint density at radius 3 is 2.68 bits per heavy atom. The Morgan fingerprint density at radius 2 is 1.90 bits per heavy atom. The third-order valence-electron chi connectivity index (χ3n) is 5.09. The number of hydrogen-bond donors (Lipinski definition) is 2. The molecule has 0 saturated carbocycles. The molecule has 6 nitrogen and oxygen atoms in total. The van der Waals surface area contributed by atoms with Gasteiger partial charge in [-0.1, -0.05) is 68.5 Å². The van der Waals surface area contributed by atoms with Crippen LogP contribution < -0.4 is 11.0 Å². The van der Waals surface area contributed by atoms with Gasteiger partial charge in [0.15, 0.2) is 0 Å². The van der Waals surface area contributed by atoms with Crippen molar-refractivity contribution in [3.63, 3.8) is 0 Å². The molecule has 0 bridgehead atoms. The molecule has 3 aromatic rings. The van der Waals surface area contributed by atoms with E-state index in [0.29, 0.717) is 28.0 Å². The molecular weight excluding hydrogens is 414 g/mol. The highest BCUT2D eigenvalue weighted by Crippen LogP contribution is 2.26. The third kappa shape index (κ3) is 5.52. The van der Waals surface area contributed by atoms with Gasteiger partial charge >= 0.3 is 0 Å². The van der Waals surface area contributed by atoms with E-state index >= 15 is 0 Å². The predicted octanol–water partition coefficient (Wildman–Crippen LogP) is 5.09. The first-order chi connectivity index (χ1) is 15.0. The molecule has 31 heavy (non-hydrogen) atoms. The highest BCUT2D eigenvalue weighted by Gasteiger charge is 2.21. The van der Waals surface area contributed by atoms with E-state index in [-0.39, 0.29) is 11.3 Å². The van der Waals surface area contributed by atoms with Crippen LogP contribution in [0.1, 0.15) is 54.9 Å². The second-order valence-electron chi connectivity index (χ2n) is 7.37. The molecular formula is C24H26ClN3O3. The van der Waals surface area contributed by atoms with Crippen LogP contribution in [0.4, 0.5) is 0 Å². The zero-order chi connectivity index (χ0) is 22.2. The van der Waals surface area contributed by atoms with Crippen LogP contribution >= 0.6 is 11.6 Å². The number of fused-ring (bicyclic) bond motifs is 1. The summed E-state index contributed by atoms with van der Waals surface area (Å²) in [5, 5.41) is 15.6. The number of rotatable bonds is 9. The largest absolute Gasteiger partial charge is 0.506 e. The molecule has 1 heterocycles. The van der Waals surface area contributed by atoms with Gasteiger partial charge in [0.05, 0.1) is 11.7 Å². The summed E-state index contributed by atoms with van der Waals surface area (Å²) in [6.45, 7) is 2.63. The highest BCUT2D eigenvalue weighted by molar-refractivity contribution is 6.30. The first kappa shape index (κ1) is 22.6. The van der Waals surface area contributed by atoms with Crippen molar-refractivity contribution < 1.29 is 9.90 Å². The number of pyridine rings is 1. The van der Waals surface area contributed by atoms with Crippen molar-refractivity contribution in [1.82, 2.24) is 9.99 Å². The Balaban J connectivity index is 1.88. The van der Waals surface area contributed by atoms with Gasteiger partial charge in [0.1, 0.15) is 11.3 Å². The van der Waals surface area contributed by atoms with Crippen LogP contribution in [0.2, 0.25) is 5.02 Å². The number of nitrogens with zero attached hydrogens (tertiary/aromatic N) is 2. The van der Waals surface area contributed by atoms with Crippen molar-refractivity contribution in [2.75, 3.05) is 0 Å². The quantitative estimate of drug-likeness (QED) is 0.276. The van der Waals surface area contributed by atoms with E-state index in [9.17, 15) is 14.7 Å². The van der Waals surface area contributed by atoms with Crippen molar-refractivity contribution in [1.29, 1.82) is 0 Å². The summed E-state index contributed by atoms with van der Waals surface area (Å²) in [5.74, 6) is -1.09. The number of halogens is 1. The lowest BCUT2D eigenvalue weighted by molar-refractivity contribution is 0.0950. The minimum atomic E-state index is -0.758. The molecule has 0 saturated heterocycles. The number of unbranched alkanes of at least 4 members (excludes halogenated alkanes) is 4. The number of amides is 1. The molecule has 0 aliphatic heterocycles. The smallest absolute Gasteiger partial charge is 0.280 e. The van der Waals surface area contributed by atoms with E-state index in [2.05, 4.69) is 17.5 Å². The molecule has 1 aromatic heterocycles. The number of carbonyl (C=O) groups excluding carboxylic acids is 1. The predicted molar refractivity (Wildman–Crippen MR) is 125 cm³/mol. The van der Waals surface area contributed by atoms with Gasteiger partial charge < -0.3 is 9.67 Å². The Morgan fingerprint density at radius 1 is 1.13 bits per heavy atom. The molecule has 3 rings (SSSR count). The third-order valence-corrected chi connectivity index (χ3v) is 5.32. The first-order valence-electron chi connectivity index (χ1n) is 10.5. The van der Waals surface area contributed by atoms with Gasteiger partial charge in [-0.2, -0.15) is 5.10 Å². The fraction of sp³-hybridized carbons (Fsp3) is 0.292. The van der Waals surface area contributed by atoms with Crippen molar-refractivity contribution in [3.8, 4) is 5.75 Å². The molecule has 1 amide bonds. The van der Waals surface area contributed by atoms with E-state index in [1.807, 2.05) is 6.07 Å². The van der Waals surface area contributed by atoms with E-state index in [1.165, 1.54) is 6.21 Å². The van der Waals surface area contributed by atoms with Crippen LogP contribution in [-0.2, 0) is 6.54 Å². The maximum absolute atomic E-state index is 13.1. The molecule has 162 valence electrons. The summed E-state index contributed by atoms with van der Waals surface area (Å²) < 4.78 is 1.57. The number of nitrogens with one attached hydrogen (secondary N) is 1. The molecule has 2 N–H and O–H groups in total. The average Bonchev–Trinajstić information content (AvgIpc) is 2.76. The average molecular weight is 440 g/mol. The zero-order valence-corrected chi connectivity index (χ0v) is 18.2. The summed E-state index contributed by atoms with van der Waals surface area (Å²) in [6, 6.07) is 14.0. The van der Waals surface area contributed by atoms with Crippen LogP contribution in [-0.4, -0.2) is 21.8 Å². The fourth-order valence-electron chi connectivity index (χ4n) is 3.50. The Hall–Kier alpha value is -3.12. The molecule has 0 radical (unpaired) electrons. The SMILES string of the molecule is CCCCCCCn1c(=O)c(C(=O)N/N=C\c2cccc(Cl)c2)c(O)c2ccccc21. The van der Waals surface area contributed by atoms with E-state index < -0.39 is 11.5 Å². The second kappa shape index (κ2) is 10.8. The van der Waals surface area contributed by atoms with E-state index in [1.54, 1.807) is 47.0 Å². The van der Waals surface area contributed by atoms with Gasteiger partial charge in [-0.3, -0.25) is 9.59 Å². The first-order valence-corrected chi connectivity index (χ1v) is 10.8. The lowest BCUT2D eigenvalue weighted by Crippen LogP contribution is -2.31. The van der Waals surface area contributed by atoms with Gasteiger partial charge in [-0.05, 0) is 36.2 Å². The van der Waals surface area contributed by atoms with Gasteiger partial charge in [0, 0.05) is 17.0 Å². The Kier molecular flexibility index (Phi) is 7.84. The molecule has 0 atom stereocenters. The minimum absolute atomic E-state index is 0.310. The van der Waals surface area contributed by atoms with Crippen LogP contribution in [0.25, 0.3) is 10.9 Å². The lowest BCUT2D eigenvalue weighted by atomic mass is 10.1. The number of carbonyl (C=O) groups is 1. The van der Waals surface area contributed by atoms with Crippen LogP contribution in [0.3, 0.4) is 0 Å². The maximum Gasteiger partial charge on any atom is 0.280 e. The number of hydrazone groups is 1. The van der Waals surface area contributed by atoms with Crippen LogP contribution in [0.5, 0.6) is 5.75 Å². The van der Waals surface area contributed by atoms with Crippen LogP contribution in [0, 0.1) is 0 Å². The fourth-order valence-corrected chi connectivity index (χ4v) is 3.70.